The van der Waals surface area contributed by atoms with Crippen molar-refractivity contribution in [3.8, 4) is 0 Å². The Hall–Kier alpha value is -2.16. The third kappa shape index (κ3) is 3.82. The Morgan fingerprint density at radius 3 is 2.52 bits per heavy atom. The van der Waals surface area contributed by atoms with Crippen LogP contribution in [0, 0.1) is 0 Å². The molecule has 0 spiro atoms. The van der Waals surface area contributed by atoms with Crippen LogP contribution in [0.4, 0.5) is 5.69 Å². The van der Waals surface area contributed by atoms with Gasteiger partial charge in [0.15, 0.2) is 0 Å². The summed E-state index contributed by atoms with van der Waals surface area (Å²) in [5.74, 6) is -0.0335. The summed E-state index contributed by atoms with van der Waals surface area (Å²) in [5.41, 5.74) is 3.08. The van der Waals surface area contributed by atoms with Gasteiger partial charge in [-0.15, -0.1) is 11.3 Å². The number of likely N-dealkylation sites (N-methyl/N-ethyl adjacent to an activating group) is 1. The van der Waals surface area contributed by atoms with Crippen molar-refractivity contribution in [2.45, 2.75) is 58.5 Å². The zero-order chi connectivity index (χ0) is 23.1. The molecule has 1 aliphatic carbocycles. The molecule has 5 rings (SSSR count). The first-order chi connectivity index (χ1) is 16.0. The number of hydrogen-bond donors (Lipinski definition) is 0. The summed E-state index contributed by atoms with van der Waals surface area (Å²) in [4.78, 5) is 31.6. The Kier molecular flexibility index (Phi) is 6.33. The first-order valence-electron chi connectivity index (χ1n) is 11.6. The maximum absolute atomic E-state index is 13.5. The van der Waals surface area contributed by atoms with Crippen molar-refractivity contribution in [1.82, 2.24) is 9.47 Å². The van der Waals surface area contributed by atoms with Gasteiger partial charge >= 0.3 is 0 Å². The van der Waals surface area contributed by atoms with Crippen LogP contribution in [0.15, 0.2) is 35.1 Å². The first kappa shape index (κ1) is 22.6. The van der Waals surface area contributed by atoms with E-state index in [0.29, 0.717) is 20.3 Å². The predicted octanol–water partition coefficient (Wildman–Crippen LogP) is 3.89. The molecule has 5 nitrogen and oxygen atoms in total. The molecule has 3 aliphatic rings. The lowest BCUT2D eigenvalue weighted by molar-refractivity contribution is -0.122. The predicted molar refractivity (Wildman–Crippen MR) is 143 cm³/mol. The highest BCUT2D eigenvalue weighted by Gasteiger charge is 2.39. The summed E-state index contributed by atoms with van der Waals surface area (Å²) in [7, 11) is 0. The monoisotopic (exact) mass is 497 g/mol. The zero-order valence-electron chi connectivity index (χ0n) is 18.9. The number of anilines is 1. The number of amides is 1. The summed E-state index contributed by atoms with van der Waals surface area (Å²) in [6.45, 7) is 5.31. The number of thiocarbonyl (C=S) groups is 1. The molecule has 2 fully saturated rings. The number of para-hydroxylation sites is 1. The number of benzene rings is 1. The van der Waals surface area contributed by atoms with Crippen LogP contribution >= 0.6 is 35.3 Å². The molecule has 2 aromatic rings. The van der Waals surface area contributed by atoms with Crippen LogP contribution < -0.4 is 19.7 Å². The second-order valence-corrected chi connectivity index (χ2v) is 11.1. The van der Waals surface area contributed by atoms with Crippen LogP contribution in [-0.4, -0.2) is 32.3 Å². The lowest BCUT2D eigenvalue weighted by atomic mass is 9.94. The van der Waals surface area contributed by atoms with E-state index in [4.69, 9.17) is 12.2 Å². The highest BCUT2D eigenvalue weighted by atomic mass is 32.2. The standard InChI is InChI=1S/C25H27N3O2S3/c1-3-26-18-13-9-8-10-16(18)14-15-19(26)20-22(29)27(4-2)24(32-20)21-23(30)28(25(31)33-21)17-11-6-5-7-12-17/h8-10,13-15,17H,3-7,11-12H2,1-2H3. The van der Waals surface area contributed by atoms with Crippen LogP contribution in [0.25, 0.3) is 16.7 Å². The largest absolute Gasteiger partial charge is 0.340 e. The minimum absolute atomic E-state index is 0.0335. The van der Waals surface area contributed by atoms with Crippen LogP contribution in [0.2, 0.25) is 0 Å². The summed E-state index contributed by atoms with van der Waals surface area (Å²) >= 11 is 8.42. The number of fused-ring (bicyclic) bond motifs is 1. The van der Waals surface area contributed by atoms with Crippen molar-refractivity contribution in [3.05, 3.63) is 55.5 Å². The van der Waals surface area contributed by atoms with Gasteiger partial charge in [-0.3, -0.25) is 19.1 Å². The van der Waals surface area contributed by atoms with E-state index in [9.17, 15) is 9.59 Å². The Balaban J connectivity index is 1.68. The molecule has 33 heavy (non-hydrogen) atoms. The van der Waals surface area contributed by atoms with E-state index in [1.54, 1.807) is 4.57 Å². The number of aromatic nitrogens is 1. The lowest BCUT2D eigenvalue weighted by Gasteiger charge is -2.29. The zero-order valence-corrected chi connectivity index (χ0v) is 21.3. The van der Waals surface area contributed by atoms with Gasteiger partial charge in [0.2, 0.25) is 0 Å². The van der Waals surface area contributed by atoms with E-state index in [0.717, 1.165) is 53.8 Å². The van der Waals surface area contributed by atoms with E-state index in [1.807, 2.05) is 30.0 Å². The number of nitrogens with zero attached hydrogens (tertiary/aromatic N) is 3. The van der Waals surface area contributed by atoms with Gasteiger partial charge in [0.05, 0.1) is 5.70 Å². The lowest BCUT2D eigenvalue weighted by Crippen LogP contribution is -2.40. The van der Waals surface area contributed by atoms with Crippen molar-refractivity contribution in [2.75, 3.05) is 11.4 Å². The molecule has 1 amide bonds. The molecule has 0 atom stereocenters. The topological polar surface area (TPSA) is 45.5 Å². The fourth-order valence-electron chi connectivity index (χ4n) is 4.99. The fraction of sp³-hybridized carbons (Fsp3) is 0.400. The van der Waals surface area contributed by atoms with Crippen molar-refractivity contribution in [1.29, 1.82) is 0 Å². The van der Waals surface area contributed by atoms with Crippen LogP contribution in [0.5, 0.6) is 0 Å². The number of thiazole rings is 1. The van der Waals surface area contributed by atoms with Crippen LogP contribution in [-0.2, 0) is 11.3 Å². The van der Waals surface area contributed by atoms with Crippen molar-refractivity contribution in [3.63, 3.8) is 0 Å². The van der Waals surface area contributed by atoms with Gasteiger partial charge in [0.1, 0.15) is 18.4 Å². The number of rotatable bonds is 3. The molecule has 2 aliphatic heterocycles. The van der Waals surface area contributed by atoms with Gasteiger partial charge in [-0.05, 0) is 44.4 Å². The van der Waals surface area contributed by atoms with Crippen molar-refractivity contribution >= 4 is 67.9 Å². The van der Waals surface area contributed by atoms with Gasteiger partial charge in [-0.1, -0.05) is 67.5 Å². The third-order valence-electron chi connectivity index (χ3n) is 6.62. The van der Waals surface area contributed by atoms with E-state index in [-0.39, 0.29) is 17.5 Å². The smallest absolute Gasteiger partial charge is 0.271 e. The van der Waals surface area contributed by atoms with Crippen LogP contribution in [0.1, 0.15) is 51.5 Å². The Labute approximate surface area is 207 Å². The number of thioether (sulfide) groups is 1. The highest BCUT2D eigenvalue weighted by molar-refractivity contribution is 8.30. The van der Waals surface area contributed by atoms with E-state index in [1.165, 1.54) is 29.5 Å². The molecule has 0 unspecified atom stereocenters. The minimum atomic E-state index is -0.0436. The Bertz CT molecular complexity index is 1330. The van der Waals surface area contributed by atoms with E-state index in [2.05, 4.69) is 30.0 Å². The van der Waals surface area contributed by atoms with Crippen LogP contribution in [0.3, 0.4) is 0 Å². The summed E-state index contributed by atoms with van der Waals surface area (Å²) < 4.78 is 3.76. The number of carbonyl (C=O) groups excluding carboxylic acids is 1. The average molecular weight is 498 g/mol. The van der Waals surface area contributed by atoms with E-state index < -0.39 is 0 Å². The Morgan fingerprint density at radius 1 is 1.03 bits per heavy atom. The molecule has 3 heterocycles. The van der Waals surface area contributed by atoms with E-state index >= 15 is 0 Å². The van der Waals surface area contributed by atoms with Crippen molar-refractivity contribution < 1.29 is 4.79 Å². The first-order valence-corrected chi connectivity index (χ1v) is 13.7. The molecule has 0 radical (unpaired) electrons. The van der Waals surface area contributed by atoms with Gasteiger partial charge < -0.3 is 4.90 Å². The van der Waals surface area contributed by atoms with Crippen molar-refractivity contribution in [2.24, 2.45) is 0 Å². The van der Waals surface area contributed by atoms with Gasteiger partial charge in [-0.25, -0.2) is 0 Å². The van der Waals surface area contributed by atoms with Gasteiger partial charge in [0, 0.05) is 24.8 Å². The SMILES string of the molecule is CCN1C(=c2sc(=C3SC(=S)N(C4CCCCC4)C3=O)n(CC)c2=O)C=Cc2ccccc21. The molecule has 0 N–H and O–H groups in total. The molecule has 8 heteroatoms. The molecule has 1 aromatic carbocycles. The minimum Gasteiger partial charge on any atom is -0.340 e. The molecular formula is C25H27N3O2S3. The normalized spacial score (nSPS) is 22.4. The molecule has 1 aromatic heterocycles. The Morgan fingerprint density at radius 2 is 1.79 bits per heavy atom. The summed E-state index contributed by atoms with van der Waals surface area (Å²) in [6, 6.07) is 8.40. The maximum atomic E-state index is 13.5. The molecule has 0 bridgehead atoms. The summed E-state index contributed by atoms with van der Waals surface area (Å²) in [6.07, 6.45) is 9.59. The van der Waals surface area contributed by atoms with Gasteiger partial charge in [0.25, 0.3) is 11.5 Å². The quantitative estimate of drug-likeness (QED) is 0.602. The molecular weight excluding hydrogens is 470 g/mol. The maximum Gasteiger partial charge on any atom is 0.271 e. The second kappa shape index (κ2) is 9.24. The number of hydrogen-bond acceptors (Lipinski definition) is 6. The molecule has 172 valence electrons. The third-order valence-corrected chi connectivity index (χ3v) is 9.35. The summed E-state index contributed by atoms with van der Waals surface area (Å²) in [5, 5.41) is 0. The van der Waals surface area contributed by atoms with Gasteiger partial charge in [-0.2, -0.15) is 0 Å². The molecule has 1 saturated heterocycles. The number of carbonyl (C=O) groups is 1. The molecule has 1 saturated carbocycles. The fourth-order valence-corrected chi connectivity index (χ4v) is 7.79. The highest BCUT2D eigenvalue weighted by Crippen LogP contribution is 2.37. The average Bonchev–Trinajstić information content (AvgIpc) is 3.33. The second-order valence-electron chi connectivity index (χ2n) is 8.47.